The third kappa shape index (κ3) is 7.86. The lowest BCUT2D eigenvalue weighted by molar-refractivity contribution is 0.460. The van der Waals surface area contributed by atoms with Gasteiger partial charge in [0.2, 0.25) is 0 Å². The van der Waals surface area contributed by atoms with E-state index in [-0.39, 0.29) is 29.4 Å². The predicted octanol–water partition coefficient (Wildman–Crippen LogP) is 4.54. The highest BCUT2D eigenvalue weighted by Crippen LogP contribution is 2.26. The predicted molar refractivity (Wildman–Crippen MR) is 149 cm³/mol. The van der Waals surface area contributed by atoms with Crippen LogP contribution < -0.4 is 15.5 Å². The number of aromatic nitrogens is 3. The maximum atomic E-state index is 4.80. The van der Waals surface area contributed by atoms with Gasteiger partial charge in [-0.1, -0.05) is 46.2 Å². The number of aliphatic imine (C=N–C) groups is 1. The van der Waals surface area contributed by atoms with Crippen molar-refractivity contribution < 1.29 is 0 Å². The van der Waals surface area contributed by atoms with Gasteiger partial charge in [0.1, 0.15) is 12.4 Å². The molecule has 2 aromatic rings. The maximum absolute atomic E-state index is 4.80. The standard InChI is InChI=1S/C25H41N7.HI/c1-7-8-15-26-24(27-18-23-30-29-19(2)31(23)6)28-21-13-16-32(17-14-21)22-11-9-20(10-12-22)25(3,4)5;/h9-12,21H,7-8,13-18H2,1-6H3,(H2,26,27,28);1H. The van der Waals surface area contributed by atoms with Gasteiger partial charge in [0, 0.05) is 38.4 Å². The molecule has 1 fully saturated rings. The van der Waals surface area contributed by atoms with E-state index in [1.807, 2.05) is 18.5 Å². The highest BCUT2D eigenvalue weighted by molar-refractivity contribution is 14.0. The Labute approximate surface area is 216 Å². The summed E-state index contributed by atoms with van der Waals surface area (Å²) >= 11 is 0. The van der Waals surface area contributed by atoms with E-state index < -0.39 is 0 Å². The average Bonchev–Trinajstić information content (AvgIpc) is 3.09. The normalized spacial score (nSPS) is 15.3. The number of anilines is 1. The van der Waals surface area contributed by atoms with Crippen molar-refractivity contribution in [3.8, 4) is 0 Å². The molecule has 3 rings (SSSR count). The lowest BCUT2D eigenvalue weighted by atomic mass is 9.87. The van der Waals surface area contributed by atoms with Gasteiger partial charge in [-0.3, -0.25) is 0 Å². The Kier molecular flexibility index (Phi) is 10.4. The molecule has 2 heterocycles. The van der Waals surface area contributed by atoms with Crippen LogP contribution in [-0.4, -0.2) is 46.4 Å². The lowest BCUT2D eigenvalue weighted by Gasteiger charge is -2.35. The van der Waals surface area contributed by atoms with Crippen molar-refractivity contribution in [2.75, 3.05) is 24.5 Å². The minimum Gasteiger partial charge on any atom is -0.371 e. The highest BCUT2D eigenvalue weighted by Gasteiger charge is 2.21. The minimum atomic E-state index is 0. The van der Waals surface area contributed by atoms with Crippen LogP contribution in [0.1, 0.15) is 70.6 Å². The molecule has 0 radical (unpaired) electrons. The van der Waals surface area contributed by atoms with Crippen LogP contribution in [0.25, 0.3) is 0 Å². The number of aryl methyl sites for hydroxylation is 1. The Morgan fingerprint density at radius 2 is 1.79 bits per heavy atom. The van der Waals surface area contributed by atoms with Crippen molar-refractivity contribution in [3.05, 3.63) is 41.5 Å². The van der Waals surface area contributed by atoms with E-state index in [4.69, 9.17) is 4.99 Å². The Bertz CT molecular complexity index is 875. The molecule has 1 aliphatic rings. The van der Waals surface area contributed by atoms with Gasteiger partial charge in [0.15, 0.2) is 11.8 Å². The number of nitrogens with one attached hydrogen (secondary N) is 2. The fourth-order valence-electron chi connectivity index (χ4n) is 3.92. The minimum absolute atomic E-state index is 0. The summed E-state index contributed by atoms with van der Waals surface area (Å²) in [6.07, 6.45) is 4.49. The van der Waals surface area contributed by atoms with Crippen LogP contribution >= 0.6 is 24.0 Å². The van der Waals surface area contributed by atoms with Gasteiger partial charge in [0.25, 0.3) is 0 Å². The number of hydrogen-bond acceptors (Lipinski definition) is 4. The molecule has 0 bridgehead atoms. The monoisotopic (exact) mass is 567 g/mol. The highest BCUT2D eigenvalue weighted by atomic mass is 127. The Hall–Kier alpha value is -1.84. The number of nitrogens with zero attached hydrogens (tertiary/aromatic N) is 5. The van der Waals surface area contributed by atoms with E-state index in [0.717, 1.165) is 62.9 Å². The molecular weight excluding hydrogens is 525 g/mol. The average molecular weight is 568 g/mol. The molecule has 8 heteroatoms. The summed E-state index contributed by atoms with van der Waals surface area (Å²) in [5.41, 5.74) is 2.90. The van der Waals surface area contributed by atoms with Gasteiger partial charge in [-0.15, -0.1) is 34.2 Å². The smallest absolute Gasteiger partial charge is 0.191 e. The van der Waals surface area contributed by atoms with Gasteiger partial charge >= 0.3 is 0 Å². The second-order valence-electron chi connectivity index (χ2n) is 9.87. The lowest BCUT2D eigenvalue weighted by Crippen LogP contribution is -2.49. The number of halogens is 1. The first-order valence-corrected chi connectivity index (χ1v) is 12.0. The zero-order valence-corrected chi connectivity index (χ0v) is 23.5. The van der Waals surface area contributed by atoms with Crippen molar-refractivity contribution >= 4 is 35.6 Å². The molecule has 0 aliphatic carbocycles. The quantitative estimate of drug-likeness (QED) is 0.223. The summed E-state index contributed by atoms with van der Waals surface area (Å²) in [4.78, 5) is 7.30. The van der Waals surface area contributed by atoms with Gasteiger partial charge in [-0.2, -0.15) is 0 Å². The Morgan fingerprint density at radius 3 is 2.33 bits per heavy atom. The van der Waals surface area contributed by atoms with Crippen LogP contribution in [0.3, 0.4) is 0 Å². The van der Waals surface area contributed by atoms with Gasteiger partial charge in [0.05, 0.1) is 0 Å². The number of unbranched alkanes of at least 4 members (excludes halogenated alkanes) is 1. The molecule has 1 aliphatic heterocycles. The third-order valence-corrected chi connectivity index (χ3v) is 6.32. The Balaban J connectivity index is 0.00000385. The molecule has 0 saturated carbocycles. The van der Waals surface area contributed by atoms with Crippen LogP contribution in [0, 0.1) is 6.92 Å². The van der Waals surface area contributed by atoms with Crippen LogP contribution in [0.4, 0.5) is 5.69 Å². The van der Waals surface area contributed by atoms with E-state index >= 15 is 0 Å². The molecule has 0 unspecified atom stereocenters. The Morgan fingerprint density at radius 1 is 1.12 bits per heavy atom. The molecule has 0 spiro atoms. The zero-order chi connectivity index (χ0) is 23.1. The second kappa shape index (κ2) is 12.6. The van der Waals surface area contributed by atoms with Crippen LogP contribution in [0.2, 0.25) is 0 Å². The molecule has 1 saturated heterocycles. The van der Waals surface area contributed by atoms with Gasteiger partial charge in [-0.05, 0) is 49.3 Å². The molecule has 0 atom stereocenters. The summed E-state index contributed by atoms with van der Waals surface area (Å²) in [6, 6.07) is 9.52. The number of rotatable bonds is 7. The van der Waals surface area contributed by atoms with E-state index in [0.29, 0.717) is 12.6 Å². The molecule has 0 amide bonds. The summed E-state index contributed by atoms with van der Waals surface area (Å²) < 4.78 is 2.00. The molecule has 2 N–H and O–H groups in total. The molecule has 33 heavy (non-hydrogen) atoms. The van der Waals surface area contributed by atoms with Crippen molar-refractivity contribution in [1.82, 2.24) is 25.4 Å². The van der Waals surface area contributed by atoms with Gasteiger partial charge < -0.3 is 20.1 Å². The number of benzene rings is 1. The number of guanidine groups is 1. The van der Waals surface area contributed by atoms with Crippen LogP contribution in [0.5, 0.6) is 0 Å². The first-order chi connectivity index (χ1) is 15.3. The molecule has 7 nitrogen and oxygen atoms in total. The third-order valence-electron chi connectivity index (χ3n) is 6.32. The summed E-state index contributed by atoms with van der Waals surface area (Å²) in [5.74, 6) is 2.67. The van der Waals surface area contributed by atoms with Crippen molar-refractivity contribution in [2.45, 2.75) is 78.3 Å². The van der Waals surface area contributed by atoms with E-state index in [1.165, 1.54) is 11.3 Å². The largest absolute Gasteiger partial charge is 0.371 e. The molecule has 1 aromatic heterocycles. The van der Waals surface area contributed by atoms with Crippen molar-refractivity contribution in [3.63, 3.8) is 0 Å². The maximum Gasteiger partial charge on any atom is 0.191 e. The SMILES string of the molecule is CCCCNC(=NCc1nnc(C)n1C)NC1CCN(c2ccc(C(C)(C)C)cc2)CC1.I. The first-order valence-electron chi connectivity index (χ1n) is 12.0. The number of piperidine rings is 1. The molecular formula is C25H42IN7. The fraction of sp³-hybridized carbons (Fsp3) is 0.640. The first kappa shape index (κ1) is 27.4. The molecule has 1 aromatic carbocycles. The molecule has 184 valence electrons. The van der Waals surface area contributed by atoms with Gasteiger partial charge in [-0.25, -0.2) is 4.99 Å². The summed E-state index contributed by atoms with van der Waals surface area (Å²) in [6.45, 7) is 14.5. The van der Waals surface area contributed by atoms with E-state index in [9.17, 15) is 0 Å². The van der Waals surface area contributed by atoms with Crippen LogP contribution in [-0.2, 0) is 19.0 Å². The van der Waals surface area contributed by atoms with E-state index in [2.05, 4.69) is 77.7 Å². The van der Waals surface area contributed by atoms with E-state index in [1.54, 1.807) is 0 Å². The fourth-order valence-corrected chi connectivity index (χ4v) is 3.92. The summed E-state index contributed by atoms with van der Waals surface area (Å²) in [5, 5.41) is 15.5. The topological polar surface area (TPSA) is 70.4 Å². The van der Waals surface area contributed by atoms with Crippen molar-refractivity contribution in [1.29, 1.82) is 0 Å². The summed E-state index contributed by atoms with van der Waals surface area (Å²) in [7, 11) is 1.99. The van der Waals surface area contributed by atoms with Crippen LogP contribution in [0.15, 0.2) is 29.3 Å². The number of hydrogen-bond donors (Lipinski definition) is 2. The zero-order valence-electron chi connectivity index (χ0n) is 21.2. The second-order valence-corrected chi connectivity index (χ2v) is 9.87. The van der Waals surface area contributed by atoms with Crippen molar-refractivity contribution in [2.24, 2.45) is 12.0 Å².